The molecule has 0 radical (unpaired) electrons. The van der Waals surface area contributed by atoms with Crippen LogP contribution >= 0.6 is 0 Å². The van der Waals surface area contributed by atoms with Crippen LogP contribution in [0.4, 0.5) is 10.3 Å². The van der Waals surface area contributed by atoms with Gasteiger partial charge in [-0.05, 0) is 54.4 Å². The number of rotatable bonds is 6. The van der Waals surface area contributed by atoms with Gasteiger partial charge in [0.25, 0.3) is 5.91 Å². The molecule has 1 heterocycles. The lowest BCUT2D eigenvalue weighted by molar-refractivity contribution is 0.102. The van der Waals surface area contributed by atoms with E-state index in [0.717, 1.165) is 0 Å². The van der Waals surface area contributed by atoms with Gasteiger partial charge in [-0.2, -0.15) is 0 Å². The molecule has 0 aliphatic rings. The first kappa shape index (κ1) is 17.7. The highest BCUT2D eigenvalue weighted by atomic mass is 19.1. The monoisotopic (exact) mass is 354 g/mol. The maximum atomic E-state index is 13.0. The molecule has 0 fully saturated rings. The third-order valence-corrected chi connectivity index (χ3v) is 3.59. The SMILES string of the molecule is CC(C)COc1ccc(C(=O)Nc2cc(-c3ccc(F)cc3)no2)cc1. The van der Waals surface area contributed by atoms with Gasteiger partial charge >= 0.3 is 0 Å². The van der Waals surface area contributed by atoms with E-state index in [2.05, 4.69) is 24.3 Å². The van der Waals surface area contributed by atoms with E-state index in [0.29, 0.717) is 35.1 Å². The Hall–Kier alpha value is -3.15. The number of ether oxygens (including phenoxy) is 1. The van der Waals surface area contributed by atoms with E-state index < -0.39 is 0 Å². The molecule has 3 rings (SSSR count). The number of hydrogen-bond donors (Lipinski definition) is 1. The van der Waals surface area contributed by atoms with Crippen LogP contribution in [0.5, 0.6) is 5.75 Å². The molecule has 3 aromatic rings. The molecular formula is C20H19FN2O3. The van der Waals surface area contributed by atoms with E-state index in [1.165, 1.54) is 12.1 Å². The molecule has 0 bridgehead atoms. The Morgan fingerprint density at radius 3 is 2.50 bits per heavy atom. The number of carbonyl (C=O) groups is 1. The molecular weight excluding hydrogens is 335 g/mol. The molecule has 6 heteroatoms. The smallest absolute Gasteiger partial charge is 0.258 e. The predicted octanol–water partition coefficient (Wildman–Crippen LogP) is 4.77. The second kappa shape index (κ2) is 7.82. The van der Waals surface area contributed by atoms with Crippen molar-refractivity contribution < 1.29 is 18.4 Å². The summed E-state index contributed by atoms with van der Waals surface area (Å²) in [7, 11) is 0. The zero-order valence-corrected chi connectivity index (χ0v) is 14.5. The van der Waals surface area contributed by atoms with Crippen LogP contribution < -0.4 is 10.1 Å². The van der Waals surface area contributed by atoms with E-state index in [-0.39, 0.29) is 17.6 Å². The van der Waals surface area contributed by atoms with Gasteiger partial charge in [-0.3, -0.25) is 10.1 Å². The largest absolute Gasteiger partial charge is 0.493 e. The first-order valence-electron chi connectivity index (χ1n) is 8.28. The molecule has 0 saturated carbocycles. The van der Waals surface area contributed by atoms with E-state index in [4.69, 9.17) is 9.26 Å². The Labute approximate surface area is 150 Å². The molecule has 134 valence electrons. The fourth-order valence-electron chi connectivity index (χ4n) is 2.24. The molecule has 0 atom stereocenters. The number of halogens is 1. The standard InChI is InChI=1S/C20H19FN2O3/c1-13(2)12-25-17-9-5-15(6-10-17)20(24)22-19-11-18(23-26-19)14-3-7-16(21)8-4-14/h3-11,13H,12H2,1-2H3,(H,22,24). The topological polar surface area (TPSA) is 64.4 Å². The van der Waals surface area contributed by atoms with Gasteiger partial charge in [0.05, 0.1) is 6.61 Å². The van der Waals surface area contributed by atoms with Crippen molar-refractivity contribution in [1.29, 1.82) is 0 Å². The van der Waals surface area contributed by atoms with Gasteiger partial charge < -0.3 is 9.26 Å². The molecule has 0 spiro atoms. The summed E-state index contributed by atoms with van der Waals surface area (Å²) in [6, 6.07) is 14.3. The van der Waals surface area contributed by atoms with Crippen LogP contribution in [0.2, 0.25) is 0 Å². The molecule has 0 saturated heterocycles. The first-order chi connectivity index (χ1) is 12.5. The third-order valence-electron chi connectivity index (χ3n) is 3.59. The predicted molar refractivity (Wildman–Crippen MR) is 96.6 cm³/mol. The zero-order chi connectivity index (χ0) is 18.5. The van der Waals surface area contributed by atoms with E-state index in [9.17, 15) is 9.18 Å². The molecule has 26 heavy (non-hydrogen) atoms. The van der Waals surface area contributed by atoms with Crippen molar-refractivity contribution in [2.24, 2.45) is 5.92 Å². The molecule has 0 unspecified atom stereocenters. The number of aromatic nitrogens is 1. The second-order valence-electron chi connectivity index (χ2n) is 6.27. The summed E-state index contributed by atoms with van der Waals surface area (Å²) in [5.74, 6) is 0.719. The van der Waals surface area contributed by atoms with Gasteiger partial charge in [0.15, 0.2) is 0 Å². The molecule has 1 N–H and O–H groups in total. The normalized spacial score (nSPS) is 10.8. The third kappa shape index (κ3) is 4.47. The lowest BCUT2D eigenvalue weighted by Crippen LogP contribution is -2.11. The lowest BCUT2D eigenvalue weighted by atomic mass is 10.1. The number of amides is 1. The molecule has 5 nitrogen and oxygen atoms in total. The summed E-state index contributed by atoms with van der Waals surface area (Å²) in [5.41, 5.74) is 1.68. The Morgan fingerprint density at radius 2 is 1.85 bits per heavy atom. The quantitative estimate of drug-likeness (QED) is 0.693. The average Bonchev–Trinajstić information content (AvgIpc) is 3.09. The number of nitrogens with one attached hydrogen (secondary N) is 1. The molecule has 0 aliphatic carbocycles. The Morgan fingerprint density at radius 1 is 1.15 bits per heavy atom. The van der Waals surface area contributed by atoms with Crippen LogP contribution in [-0.4, -0.2) is 17.7 Å². The summed E-state index contributed by atoms with van der Waals surface area (Å²) >= 11 is 0. The minimum absolute atomic E-state index is 0.217. The average molecular weight is 354 g/mol. The summed E-state index contributed by atoms with van der Waals surface area (Å²) in [4.78, 5) is 12.3. The minimum atomic E-state index is -0.327. The van der Waals surface area contributed by atoms with Crippen LogP contribution in [0.1, 0.15) is 24.2 Å². The number of nitrogens with zero attached hydrogens (tertiary/aromatic N) is 1. The van der Waals surface area contributed by atoms with Gasteiger partial charge in [0.2, 0.25) is 5.88 Å². The van der Waals surface area contributed by atoms with E-state index >= 15 is 0 Å². The number of carbonyl (C=O) groups excluding carboxylic acids is 1. The first-order valence-corrected chi connectivity index (χ1v) is 8.28. The van der Waals surface area contributed by atoms with Crippen molar-refractivity contribution >= 4 is 11.8 Å². The van der Waals surface area contributed by atoms with Crippen molar-refractivity contribution in [2.45, 2.75) is 13.8 Å². The molecule has 1 aromatic heterocycles. The number of hydrogen-bond acceptors (Lipinski definition) is 4. The van der Waals surface area contributed by atoms with Gasteiger partial charge in [0, 0.05) is 17.2 Å². The summed E-state index contributed by atoms with van der Waals surface area (Å²) in [6.45, 7) is 4.76. The van der Waals surface area contributed by atoms with Crippen molar-refractivity contribution in [3.63, 3.8) is 0 Å². The lowest BCUT2D eigenvalue weighted by Gasteiger charge is -2.09. The van der Waals surface area contributed by atoms with Crippen LogP contribution in [0, 0.1) is 11.7 Å². The highest BCUT2D eigenvalue weighted by Crippen LogP contribution is 2.22. The highest BCUT2D eigenvalue weighted by molar-refractivity contribution is 6.03. The number of benzene rings is 2. The maximum Gasteiger partial charge on any atom is 0.258 e. The summed E-state index contributed by atoms with van der Waals surface area (Å²) < 4.78 is 23.7. The van der Waals surface area contributed by atoms with Crippen molar-refractivity contribution in [3.8, 4) is 17.0 Å². The van der Waals surface area contributed by atoms with Crippen LogP contribution in [0.25, 0.3) is 11.3 Å². The van der Waals surface area contributed by atoms with Gasteiger partial charge in [-0.15, -0.1) is 0 Å². The van der Waals surface area contributed by atoms with Gasteiger partial charge in [-0.25, -0.2) is 4.39 Å². The molecule has 1 amide bonds. The van der Waals surface area contributed by atoms with Crippen LogP contribution in [-0.2, 0) is 0 Å². The van der Waals surface area contributed by atoms with Gasteiger partial charge in [-0.1, -0.05) is 19.0 Å². The van der Waals surface area contributed by atoms with Crippen LogP contribution in [0.3, 0.4) is 0 Å². The fraction of sp³-hybridized carbons (Fsp3) is 0.200. The Bertz CT molecular complexity index is 871. The maximum absolute atomic E-state index is 13.0. The van der Waals surface area contributed by atoms with Crippen molar-refractivity contribution in [1.82, 2.24) is 5.16 Å². The minimum Gasteiger partial charge on any atom is -0.493 e. The van der Waals surface area contributed by atoms with Crippen LogP contribution in [0.15, 0.2) is 59.1 Å². The van der Waals surface area contributed by atoms with Crippen molar-refractivity contribution in [3.05, 3.63) is 66.0 Å². The molecule has 2 aromatic carbocycles. The van der Waals surface area contributed by atoms with Crippen molar-refractivity contribution in [2.75, 3.05) is 11.9 Å². The van der Waals surface area contributed by atoms with E-state index in [1.54, 1.807) is 42.5 Å². The molecule has 0 aliphatic heterocycles. The summed E-state index contributed by atoms with van der Waals surface area (Å²) in [5, 5.41) is 6.53. The number of anilines is 1. The summed E-state index contributed by atoms with van der Waals surface area (Å²) in [6.07, 6.45) is 0. The highest BCUT2D eigenvalue weighted by Gasteiger charge is 2.12. The van der Waals surface area contributed by atoms with E-state index in [1.807, 2.05) is 0 Å². The fourth-order valence-corrected chi connectivity index (χ4v) is 2.24. The van der Waals surface area contributed by atoms with Gasteiger partial charge in [0.1, 0.15) is 17.3 Å². The second-order valence-corrected chi connectivity index (χ2v) is 6.27. The Balaban J connectivity index is 1.64. The Kier molecular flexibility index (Phi) is 5.31. The zero-order valence-electron chi connectivity index (χ0n) is 14.5.